The second kappa shape index (κ2) is 6.21. The van der Waals surface area contributed by atoms with E-state index in [2.05, 4.69) is 16.0 Å². The summed E-state index contributed by atoms with van der Waals surface area (Å²) in [5, 5.41) is 9.90. The van der Waals surface area contributed by atoms with E-state index >= 15 is 0 Å². The van der Waals surface area contributed by atoms with E-state index in [0.29, 0.717) is 12.0 Å². The summed E-state index contributed by atoms with van der Waals surface area (Å²) in [6.45, 7) is 3.95. The van der Waals surface area contributed by atoms with Gasteiger partial charge in [0.05, 0.1) is 0 Å². The van der Waals surface area contributed by atoms with E-state index in [1.807, 2.05) is 0 Å². The topological polar surface area (TPSA) is 53.2 Å². The van der Waals surface area contributed by atoms with Crippen molar-refractivity contribution >= 4 is 5.91 Å². The third-order valence-electron chi connectivity index (χ3n) is 3.38. The molecule has 4 nitrogen and oxygen atoms in total. The summed E-state index contributed by atoms with van der Waals surface area (Å²) in [5.74, 6) is 0.589. The summed E-state index contributed by atoms with van der Waals surface area (Å²) in [4.78, 5) is 11.4. The fourth-order valence-corrected chi connectivity index (χ4v) is 2.18. The molecule has 1 amide bonds. The zero-order chi connectivity index (χ0) is 11.2. The Morgan fingerprint density at radius 1 is 1.12 bits per heavy atom. The van der Waals surface area contributed by atoms with Crippen molar-refractivity contribution in [3.05, 3.63) is 0 Å². The van der Waals surface area contributed by atoms with Crippen LogP contribution in [-0.4, -0.2) is 38.1 Å². The molecule has 4 heteroatoms. The number of nitrogens with one attached hydrogen (secondary N) is 3. The molecule has 1 unspecified atom stereocenters. The Morgan fingerprint density at radius 2 is 2.00 bits per heavy atom. The Kier molecular flexibility index (Phi) is 4.60. The van der Waals surface area contributed by atoms with Crippen LogP contribution in [0.1, 0.15) is 32.1 Å². The molecule has 0 aromatic carbocycles. The molecule has 0 aromatic rings. The maximum absolute atomic E-state index is 11.4. The average Bonchev–Trinajstić information content (AvgIpc) is 3.10. The summed E-state index contributed by atoms with van der Waals surface area (Å²) in [6.07, 6.45) is 5.90. The molecule has 0 aromatic heterocycles. The minimum absolute atomic E-state index is 0.254. The van der Waals surface area contributed by atoms with Crippen molar-refractivity contribution < 1.29 is 4.79 Å². The number of rotatable bonds is 5. The van der Waals surface area contributed by atoms with E-state index in [-0.39, 0.29) is 5.91 Å². The van der Waals surface area contributed by atoms with Crippen molar-refractivity contribution in [3.8, 4) is 0 Å². The zero-order valence-corrected chi connectivity index (χ0v) is 9.93. The Balaban J connectivity index is 1.51. The van der Waals surface area contributed by atoms with Crippen molar-refractivity contribution in [2.24, 2.45) is 5.92 Å². The summed E-state index contributed by atoms with van der Waals surface area (Å²) >= 11 is 0. The molecule has 0 radical (unpaired) electrons. The maximum Gasteiger partial charge on any atom is 0.223 e. The van der Waals surface area contributed by atoms with Crippen molar-refractivity contribution in [2.75, 3.05) is 26.2 Å². The van der Waals surface area contributed by atoms with Gasteiger partial charge in [-0.05, 0) is 45.2 Å². The lowest BCUT2D eigenvalue weighted by Crippen LogP contribution is -2.37. The summed E-state index contributed by atoms with van der Waals surface area (Å²) in [7, 11) is 0. The van der Waals surface area contributed by atoms with Crippen molar-refractivity contribution in [1.82, 2.24) is 16.0 Å². The fourth-order valence-electron chi connectivity index (χ4n) is 2.18. The van der Waals surface area contributed by atoms with Gasteiger partial charge in [-0.25, -0.2) is 0 Å². The monoisotopic (exact) mass is 225 g/mol. The average molecular weight is 225 g/mol. The van der Waals surface area contributed by atoms with E-state index in [0.717, 1.165) is 39.0 Å². The first kappa shape index (κ1) is 11.9. The third-order valence-corrected chi connectivity index (χ3v) is 3.38. The van der Waals surface area contributed by atoms with Crippen LogP contribution >= 0.6 is 0 Å². The molecule has 2 fully saturated rings. The molecule has 1 atom stereocenters. The molecule has 3 N–H and O–H groups in total. The Labute approximate surface area is 97.6 Å². The summed E-state index contributed by atoms with van der Waals surface area (Å²) in [5.41, 5.74) is 0. The molecular weight excluding hydrogens is 202 g/mol. The van der Waals surface area contributed by atoms with E-state index < -0.39 is 0 Å². The molecule has 1 saturated heterocycles. The van der Waals surface area contributed by atoms with Crippen molar-refractivity contribution in [2.45, 2.75) is 38.1 Å². The lowest BCUT2D eigenvalue weighted by atomic mass is 10.1. The van der Waals surface area contributed by atoms with Gasteiger partial charge in [0.15, 0.2) is 0 Å². The molecule has 92 valence electrons. The molecule has 1 aliphatic carbocycles. The normalized spacial score (nSPS) is 26.1. The SMILES string of the molecule is O=C(NCCNC1CCCNCC1)C1CC1. The van der Waals surface area contributed by atoms with Crippen LogP contribution < -0.4 is 16.0 Å². The van der Waals surface area contributed by atoms with Crippen LogP contribution in [0.3, 0.4) is 0 Å². The van der Waals surface area contributed by atoms with E-state index in [1.54, 1.807) is 0 Å². The van der Waals surface area contributed by atoms with Gasteiger partial charge in [-0.3, -0.25) is 4.79 Å². The number of amides is 1. The maximum atomic E-state index is 11.4. The minimum Gasteiger partial charge on any atom is -0.355 e. The Morgan fingerprint density at radius 3 is 2.81 bits per heavy atom. The van der Waals surface area contributed by atoms with Gasteiger partial charge in [-0.1, -0.05) is 0 Å². The first-order valence-electron chi connectivity index (χ1n) is 6.58. The van der Waals surface area contributed by atoms with Crippen LogP contribution in [0.15, 0.2) is 0 Å². The predicted octanol–water partition coefficient (Wildman–Crippen LogP) is 0.244. The van der Waals surface area contributed by atoms with E-state index in [4.69, 9.17) is 0 Å². The summed E-state index contributed by atoms with van der Waals surface area (Å²) in [6, 6.07) is 0.632. The largest absolute Gasteiger partial charge is 0.355 e. The molecule has 1 heterocycles. The van der Waals surface area contributed by atoms with Crippen LogP contribution in [-0.2, 0) is 4.79 Å². The minimum atomic E-state index is 0.254. The van der Waals surface area contributed by atoms with Gasteiger partial charge in [0.25, 0.3) is 0 Å². The summed E-state index contributed by atoms with van der Waals surface area (Å²) < 4.78 is 0. The number of carbonyl (C=O) groups is 1. The van der Waals surface area contributed by atoms with Gasteiger partial charge >= 0.3 is 0 Å². The van der Waals surface area contributed by atoms with Gasteiger partial charge in [0.2, 0.25) is 5.91 Å². The van der Waals surface area contributed by atoms with Crippen LogP contribution in [0.25, 0.3) is 0 Å². The van der Waals surface area contributed by atoms with Gasteiger partial charge in [0.1, 0.15) is 0 Å². The molecule has 16 heavy (non-hydrogen) atoms. The molecular formula is C12H23N3O. The van der Waals surface area contributed by atoms with Crippen molar-refractivity contribution in [1.29, 1.82) is 0 Å². The highest BCUT2D eigenvalue weighted by Gasteiger charge is 2.28. The van der Waals surface area contributed by atoms with Crippen LogP contribution in [0.5, 0.6) is 0 Å². The van der Waals surface area contributed by atoms with Gasteiger partial charge < -0.3 is 16.0 Å². The molecule has 0 spiro atoms. The van der Waals surface area contributed by atoms with Crippen LogP contribution in [0.4, 0.5) is 0 Å². The molecule has 1 aliphatic heterocycles. The Bertz CT molecular complexity index is 220. The highest BCUT2D eigenvalue weighted by molar-refractivity contribution is 5.80. The van der Waals surface area contributed by atoms with Crippen molar-refractivity contribution in [3.63, 3.8) is 0 Å². The van der Waals surface area contributed by atoms with Gasteiger partial charge in [0, 0.05) is 25.0 Å². The number of hydrogen-bond acceptors (Lipinski definition) is 3. The molecule has 1 saturated carbocycles. The van der Waals surface area contributed by atoms with Gasteiger partial charge in [-0.15, -0.1) is 0 Å². The Hall–Kier alpha value is -0.610. The fraction of sp³-hybridized carbons (Fsp3) is 0.917. The highest BCUT2D eigenvalue weighted by atomic mass is 16.2. The molecule has 2 aliphatic rings. The number of carbonyl (C=O) groups excluding carboxylic acids is 1. The van der Waals surface area contributed by atoms with E-state index in [1.165, 1.54) is 19.3 Å². The van der Waals surface area contributed by atoms with E-state index in [9.17, 15) is 4.79 Å². The second-order valence-corrected chi connectivity index (χ2v) is 4.90. The standard InChI is InChI=1S/C12H23N3O/c16-12(10-3-4-10)15-9-8-14-11-2-1-6-13-7-5-11/h10-11,13-14H,1-9H2,(H,15,16). The lowest BCUT2D eigenvalue weighted by molar-refractivity contribution is -0.122. The zero-order valence-electron chi connectivity index (χ0n) is 9.93. The quantitative estimate of drug-likeness (QED) is 0.588. The molecule has 0 bridgehead atoms. The first-order chi connectivity index (χ1) is 7.86. The third kappa shape index (κ3) is 4.10. The second-order valence-electron chi connectivity index (χ2n) is 4.90. The predicted molar refractivity (Wildman–Crippen MR) is 64.2 cm³/mol. The highest BCUT2D eigenvalue weighted by Crippen LogP contribution is 2.28. The van der Waals surface area contributed by atoms with Gasteiger partial charge in [-0.2, -0.15) is 0 Å². The first-order valence-corrected chi connectivity index (χ1v) is 6.58. The smallest absolute Gasteiger partial charge is 0.223 e. The van der Waals surface area contributed by atoms with Crippen LogP contribution in [0, 0.1) is 5.92 Å². The van der Waals surface area contributed by atoms with Crippen LogP contribution in [0.2, 0.25) is 0 Å². The lowest BCUT2D eigenvalue weighted by Gasteiger charge is -2.15. The number of hydrogen-bond donors (Lipinski definition) is 3. The molecule has 2 rings (SSSR count).